The quantitative estimate of drug-likeness (QED) is 0.463. The molecule has 2 aromatic carbocycles. The van der Waals surface area contributed by atoms with E-state index in [2.05, 4.69) is 4.98 Å². The molecule has 4 rings (SSSR count). The maximum atomic E-state index is 14.9. The van der Waals surface area contributed by atoms with E-state index < -0.39 is 28.9 Å². The largest absolute Gasteiger partial charge is 0.616 e. The Bertz CT molecular complexity index is 1090. The second-order valence-electron chi connectivity index (χ2n) is 7.69. The van der Waals surface area contributed by atoms with E-state index in [1.807, 2.05) is 6.07 Å². The third kappa shape index (κ3) is 4.63. The number of aliphatic hydroxyl groups is 1. The molecule has 3 N–H and O–H groups in total. The van der Waals surface area contributed by atoms with Crippen LogP contribution in [0.2, 0.25) is 0 Å². The average Bonchev–Trinajstić information content (AvgIpc) is 2.79. The number of carbonyl (C=O) groups is 1. The van der Waals surface area contributed by atoms with E-state index >= 15 is 0 Å². The molecule has 0 saturated carbocycles. The molecule has 0 aliphatic carbocycles. The lowest BCUT2D eigenvalue weighted by Crippen LogP contribution is -2.22. The van der Waals surface area contributed by atoms with Crippen LogP contribution >= 0.6 is 0 Å². The summed E-state index contributed by atoms with van der Waals surface area (Å²) in [6.07, 6.45) is 1.77. The van der Waals surface area contributed by atoms with Crippen LogP contribution in [0.5, 0.6) is 0 Å². The maximum absolute atomic E-state index is 14.9. The number of carbonyl (C=O) groups excluding carboxylic acids is 1. The summed E-state index contributed by atoms with van der Waals surface area (Å²) in [6, 6.07) is 14.5. The molecule has 1 atom stereocenters. The molecular weight excluding hydrogens is 415 g/mol. The molecule has 2 heterocycles. The fourth-order valence-corrected chi connectivity index (χ4v) is 5.19. The van der Waals surface area contributed by atoms with E-state index in [-0.39, 0.29) is 17.3 Å². The number of ketones is 1. The number of Topliss-reactive ketones (excluding diaryl/α,β-unsaturated/α-hetero) is 1. The number of anilines is 1. The Morgan fingerprint density at radius 3 is 2.55 bits per heavy atom. The summed E-state index contributed by atoms with van der Waals surface area (Å²) in [5.74, 6) is 0.606. The third-order valence-corrected chi connectivity index (χ3v) is 7.09. The van der Waals surface area contributed by atoms with E-state index in [0.29, 0.717) is 28.2 Å². The second-order valence-corrected chi connectivity index (χ2v) is 9.39. The summed E-state index contributed by atoms with van der Waals surface area (Å²) < 4.78 is 26.5. The van der Waals surface area contributed by atoms with Gasteiger partial charge in [-0.3, -0.25) is 4.79 Å². The Balaban J connectivity index is 1.60. The van der Waals surface area contributed by atoms with Crippen molar-refractivity contribution in [3.63, 3.8) is 0 Å². The molecule has 160 valence electrons. The van der Waals surface area contributed by atoms with Crippen LogP contribution in [-0.4, -0.2) is 31.9 Å². The van der Waals surface area contributed by atoms with E-state index in [0.717, 1.165) is 18.4 Å². The molecule has 1 saturated heterocycles. The van der Waals surface area contributed by atoms with Crippen molar-refractivity contribution >= 4 is 22.8 Å². The summed E-state index contributed by atoms with van der Waals surface area (Å²) in [4.78, 5) is 16.8. The molecular formula is C24H23FN2O3S. The SMILES string of the molecule is Nc1ncc([C@H]2CC[S@+]([O-])CC2)cc1-c1ccc(C(O)C(=O)c2ccccc2)c(F)c1. The van der Waals surface area contributed by atoms with Crippen LogP contribution in [0.15, 0.2) is 60.8 Å². The third-order valence-electron chi connectivity index (χ3n) is 5.71. The molecule has 0 amide bonds. The highest BCUT2D eigenvalue weighted by Gasteiger charge is 2.25. The highest BCUT2D eigenvalue weighted by molar-refractivity contribution is 7.91. The van der Waals surface area contributed by atoms with Gasteiger partial charge < -0.3 is 15.4 Å². The van der Waals surface area contributed by atoms with Crippen LogP contribution in [0.4, 0.5) is 10.2 Å². The number of aliphatic hydroxyl groups excluding tert-OH is 1. The van der Waals surface area contributed by atoms with Crippen LogP contribution < -0.4 is 5.73 Å². The van der Waals surface area contributed by atoms with Crippen molar-refractivity contribution in [3.05, 3.63) is 83.3 Å². The summed E-state index contributed by atoms with van der Waals surface area (Å²) >= 11 is -0.755. The van der Waals surface area contributed by atoms with Gasteiger partial charge in [-0.15, -0.1) is 0 Å². The van der Waals surface area contributed by atoms with E-state index in [9.17, 15) is 18.8 Å². The fraction of sp³-hybridized carbons (Fsp3) is 0.250. The summed E-state index contributed by atoms with van der Waals surface area (Å²) in [5, 5.41) is 10.4. The van der Waals surface area contributed by atoms with Gasteiger partial charge in [0.25, 0.3) is 0 Å². The monoisotopic (exact) mass is 438 g/mol. The lowest BCUT2D eigenvalue weighted by molar-refractivity contribution is 0.0740. The molecule has 0 bridgehead atoms. The molecule has 1 aliphatic rings. The van der Waals surface area contributed by atoms with Gasteiger partial charge in [-0.05, 0) is 42.0 Å². The van der Waals surface area contributed by atoms with E-state index in [1.165, 1.54) is 12.1 Å². The standard InChI is InChI=1S/C24H23FN2O3S/c25-21-13-17(6-7-19(21)23(29)22(28)16-4-2-1-3-5-16)20-12-18(14-27-24(20)26)15-8-10-31(30)11-9-15/h1-7,12-15,23,29H,8-11H2,(H2,26,27)/t15-,23?,31-. The number of pyridine rings is 1. The van der Waals surface area contributed by atoms with Crippen LogP contribution in [0, 0.1) is 5.82 Å². The zero-order valence-corrected chi connectivity index (χ0v) is 17.6. The van der Waals surface area contributed by atoms with Crippen molar-refractivity contribution in [1.29, 1.82) is 0 Å². The highest BCUT2D eigenvalue weighted by atomic mass is 32.2. The Morgan fingerprint density at radius 2 is 1.87 bits per heavy atom. The van der Waals surface area contributed by atoms with Gasteiger partial charge in [-0.1, -0.05) is 53.6 Å². The average molecular weight is 439 g/mol. The number of hydrogen-bond acceptors (Lipinski definition) is 5. The normalized spacial score (nSPS) is 19.7. The minimum Gasteiger partial charge on any atom is -0.616 e. The predicted octanol–water partition coefficient (Wildman–Crippen LogP) is 4.01. The Labute approximate surface area is 183 Å². The molecule has 0 radical (unpaired) electrons. The molecule has 5 nitrogen and oxygen atoms in total. The Kier molecular flexibility index (Phi) is 6.36. The number of halogens is 1. The van der Waals surface area contributed by atoms with Gasteiger partial charge in [0.2, 0.25) is 0 Å². The first-order valence-corrected chi connectivity index (χ1v) is 11.6. The molecule has 3 aromatic rings. The van der Waals surface area contributed by atoms with Crippen LogP contribution in [-0.2, 0) is 11.2 Å². The first-order chi connectivity index (χ1) is 14.9. The van der Waals surface area contributed by atoms with Crippen LogP contribution in [0.25, 0.3) is 11.1 Å². The predicted molar refractivity (Wildman–Crippen MR) is 120 cm³/mol. The van der Waals surface area contributed by atoms with Crippen molar-refractivity contribution in [2.75, 3.05) is 17.2 Å². The fourth-order valence-electron chi connectivity index (χ4n) is 3.89. The van der Waals surface area contributed by atoms with Crippen LogP contribution in [0.3, 0.4) is 0 Å². The second kappa shape index (κ2) is 9.18. The number of rotatable bonds is 5. The topological polar surface area (TPSA) is 99.3 Å². The van der Waals surface area contributed by atoms with Gasteiger partial charge in [-0.2, -0.15) is 0 Å². The minimum absolute atomic E-state index is 0.0879. The van der Waals surface area contributed by atoms with Gasteiger partial charge in [0.05, 0.1) is 0 Å². The first-order valence-electron chi connectivity index (χ1n) is 10.1. The summed E-state index contributed by atoms with van der Waals surface area (Å²) in [7, 11) is 0. The minimum atomic E-state index is -1.60. The van der Waals surface area contributed by atoms with E-state index in [4.69, 9.17) is 5.73 Å². The number of nitrogens with zero attached hydrogens (tertiary/aromatic N) is 1. The van der Waals surface area contributed by atoms with Gasteiger partial charge in [-0.25, -0.2) is 9.37 Å². The van der Waals surface area contributed by atoms with Crippen molar-refractivity contribution in [2.24, 2.45) is 0 Å². The molecule has 31 heavy (non-hydrogen) atoms. The first kappa shape index (κ1) is 21.5. The summed E-state index contributed by atoms with van der Waals surface area (Å²) in [6.45, 7) is 0. The number of aromatic nitrogens is 1. The number of nitrogens with two attached hydrogens (primary N) is 1. The molecule has 1 aliphatic heterocycles. The lowest BCUT2D eigenvalue weighted by Gasteiger charge is -2.24. The van der Waals surface area contributed by atoms with Crippen LogP contribution in [0.1, 0.15) is 46.3 Å². The molecule has 7 heteroatoms. The molecule has 1 unspecified atom stereocenters. The number of nitrogen functional groups attached to an aromatic ring is 1. The zero-order valence-electron chi connectivity index (χ0n) is 16.8. The van der Waals surface area contributed by atoms with Gasteiger partial charge in [0.1, 0.15) is 29.2 Å². The Morgan fingerprint density at radius 1 is 1.16 bits per heavy atom. The molecule has 1 aromatic heterocycles. The maximum Gasteiger partial charge on any atom is 0.195 e. The number of benzene rings is 2. The molecule has 0 spiro atoms. The van der Waals surface area contributed by atoms with Crippen molar-refractivity contribution < 1.29 is 18.8 Å². The van der Waals surface area contributed by atoms with Crippen molar-refractivity contribution in [3.8, 4) is 11.1 Å². The van der Waals surface area contributed by atoms with Crippen molar-refractivity contribution in [2.45, 2.75) is 24.9 Å². The smallest absolute Gasteiger partial charge is 0.195 e. The molecule has 1 fully saturated rings. The Hall–Kier alpha value is -2.74. The summed E-state index contributed by atoms with van der Waals surface area (Å²) in [5.41, 5.74) is 8.39. The van der Waals surface area contributed by atoms with Gasteiger partial charge >= 0.3 is 0 Å². The lowest BCUT2D eigenvalue weighted by atomic mass is 9.92. The van der Waals surface area contributed by atoms with E-state index in [1.54, 1.807) is 42.6 Å². The van der Waals surface area contributed by atoms with Crippen molar-refractivity contribution in [1.82, 2.24) is 4.98 Å². The number of hydrogen-bond donors (Lipinski definition) is 2. The zero-order chi connectivity index (χ0) is 22.0. The van der Waals surface area contributed by atoms with Gasteiger partial charge in [0, 0.05) is 22.9 Å². The van der Waals surface area contributed by atoms with Gasteiger partial charge in [0.15, 0.2) is 5.78 Å². The highest BCUT2D eigenvalue weighted by Crippen LogP contribution is 2.34.